The molecule has 0 aliphatic heterocycles. The summed E-state index contributed by atoms with van der Waals surface area (Å²) in [6, 6.07) is -0.709. The quantitative estimate of drug-likeness (QED) is 0.0324. The van der Waals surface area contributed by atoms with Crippen LogP contribution in [0.2, 0.25) is 0 Å². The molecule has 0 radical (unpaired) electrons. The second kappa shape index (κ2) is 44.9. The number of unbranched alkanes of at least 4 members (excludes halogenated alkanes) is 23. The number of hydrogen-bond acceptors (Lipinski definition) is 5. The molecule has 1 amide bonds. The molecule has 0 bridgehead atoms. The van der Waals surface area contributed by atoms with E-state index in [9.17, 15) is 19.8 Å². The first kappa shape index (κ1) is 54.8. The highest BCUT2D eigenvalue weighted by atomic mass is 16.5. The lowest BCUT2D eigenvalue weighted by Crippen LogP contribution is -2.46. The maximum absolute atomic E-state index is 13.2. The van der Waals surface area contributed by atoms with Gasteiger partial charge in [-0.1, -0.05) is 198 Å². The molecule has 0 saturated carbocycles. The number of aliphatic hydroxyl groups is 2. The smallest absolute Gasteiger partial charge is 0.306 e. The average Bonchev–Trinajstić information content (AvgIpc) is 3.20. The van der Waals surface area contributed by atoms with Crippen LogP contribution in [0.25, 0.3) is 0 Å². The van der Waals surface area contributed by atoms with Crippen molar-refractivity contribution in [2.24, 2.45) is 0 Å². The zero-order chi connectivity index (χ0) is 41.7. The number of aliphatic hydroxyl groups excluding tert-OH is 2. The zero-order valence-corrected chi connectivity index (χ0v) is 37.7. The molecule has 0 spiro atoms. The molecule has 0 aliphatic carbocycles. The maximum atomic E-state index is 13.2. The summed E-state index contributed by atoms with van der Waals surface area (Å²) in [5, 5.41) is 23.7. The van der Waals surface area contributed by atoms with Crippen LogP contribution < -0.4 is 5.32 Å². The summed E-state index contributed by atoms with van der Waals surface area (Å²) in [5.41, 5.74) is 0. The molecule has 3 atom stereocenters. The Hall–Kier alpha value is -2.18. The highest BCUT2D eigenvalue weighted by Crippen LogP contribution is 2.17. The first-order valence-electron chi connectivity index (χ1n) is 24.4. The normalized spacial score (nSPS) is 13.7. The van der Waals surface area contributed by atoms with Crippen LogP contribution in [-0.4, -0.2) is 46.9 Å². The Balaban J connectivity index is 4.62. The van der Waals surface area contributed by atoms with Gasteiger partial charge in [0.1, 0.15) is 6.10 Å². The summed E-state index contributed by atoms with van der Waals surface area (Å²) < 4.78 is 5.90. The summed E-state index contributed by atoms with van der Waals surface area (Å²) >= 11 is 0. The Labute approximate surface area is 353 Å². The van der Waals surface area contributed by atoms with E-state index in [-0.39, 0.29) is 24.9 Å². The maximum Gasteiger partial charge on any atom is 0.306 e. The van der Waals surface area contributed by atoms with Gasteiger partial charge in [-0.15, -0.1) is 0 Å². The van der Waals surface area contributed by atoms with E-state index >= 15 is 0 Å². The third kappa shape index (κ3) is 40.4. The Kier molecular flexibility index (Phi) is 43.2. The van der Waals surface area contributed by atoms with Gasteiger partial charge in [-0.05, 0) is 77.0 Å². The fourth-order valence-electron chi connectivity index (χ4n) is 7.19. The molecule has 6 heteroatoms. The minimum Gasteiger partial charge on any atom is -0.462 e. The molecule has 0 fully saturated rings. The molecule has 3 N–H and O–H groups in total. The van der Waals surface area contributed by atoms with Crippen molar-refractivity contribution < 1.29 is 24.5 Å². The molecule has 0 rings (SSSR count). The number of allylic oxidation sites excluding steroid dienone is 8. The highest BCUT2D eigenvalue weighted by Gasteiger charge is 2.24. The SMILES string of the molecule is CC/C=C/C/C=C/C/C=C/CCCCCCC(CC(=O)NC(CO)C(O)CCCCCCCCCCCCCCC)OC(=O)CCCCCCC/C=C\CCCC. The van der Waals surface area contributed by atoms with E-state index in [1.165, 1.54) is 96.3 Å². The molecular formula is C51H93NO5. The van der Waals surface area contributed by atoms with Crippen LogP contribution in [0.5, 0.6) is 0 Å². The van der Waals surface area contributed by atoms with Crippen molar-refractivity contribution in [3.05, 3.63) is 48.6 Å². The molecule has 0 heterocycles. The van der Waals surface area contributed by atoms with Gasteiger partial charge in [0, 0.05) is 6.42 Å². The predicted molar refractivity (Wildman–Crippen MR) is 245 cm³/mol. The van der Waals surface area contributed by atoms with Crippen LogP contribution in [0.4, 0.5) is 0 Å². The van der Waals surface area contributed by atoms with E-state index in [0.29, 0.717) is 19.3 Å². The number of amides is 1. The van der Waals surface area contributed by atoms with Crippen molar-refractivity contribution in [3.63, 3.8) is 0 Å². The van der Waals surface area contributed by atoms with E-state index in [4.69, 9.17) is 4.74 Å². The first-order chi connectivity index (χ1) is 28.0. The Morgan fingerprint density at radius 1 is 0.526 bits per heavy atom. The van der Waals surface area contributed by atoms with Crippen molar-refractivity contribution in [2.45, 2.75) is 257 Å². The first-order valence-corrected chi connectivity index (χ1v) is 24.4. The number of carbonyl (C=O) groups is 2. The van der Waals surface area contributed by atoms with Gasteiger partial charge in [-0.2, -0.15) is 0 Å². The summed E-state index contributed by atoms with van der Waals surface area (Å²) in [6.45, 7) is 6.32. The largest absolute Gasteiger partial charge is 0.462 e. The molecule has 3 unspecified atom stereocenters. The van der Waals surface area contributed by atoms with Gasteiger partial charge in [0.15, 0.2) is 0 Å². The van der Waals surface area contributed by atoms with Crippen molar-refractivity contribution in [1.82, 2.24) is 5.32 Å². The van der Waals surface area contributed by atoms with E-state index < -0.39 is 18.2 Å². The molecule has 332 valence electrons. The standard InChI is InChI=1S/C51H93NO5/c1-4-7-10-13-16-19-22-24-26-28-30-33-36-39-42-47(57-51(56)44-41-38-35-32-27-21-18-15-12-9-6-3)45-50(55)52-48(46-53)49(54)43-40-37-34-31-29-25-23-20-17-14-11-8-5-2/h7,10,15-16,18-19,24,26,47-49,53-54H,4-6,8-9,11-14,17,20-23,25,27-46H2,1-3H3,(H,52,55)/b10-7+,18-15-,19-16+,26-24+. The summed E-state index contributed by atoms with van der Waals surface area (Å²) in [7, 11) is 0. The molecule has 0 aromatic heterocycles. The minimum atomic E-state index is -0.794. The fourth-order valence-corrected chi connectivity index (χ4v) is 7.19. The van der Waals surface area contributed by atoms with E-state index in [0.717, 1.165) is 96.3 Å². The van der Waals surface area contributed by atoms with Crippen LogP contribution in [-0.2, 0) is 14.3 Å². The lowest BCUT2D eigenvalue weighted by Gasteiger charge is -2.24. The average molecular weight is 800 g/mol. The molecule has 0 aromatic carbocycles. The van der Waals surface area contributed by atoms with Gasteiger partial charge in [-0.3, -0.25) is 9.59 Å². The molecular weight excluding hydrogens is 707 g/mol. The predicted octanol–water partition coefficient (Wildman–Crippen LogP) is 14.3. The molecule has 0 saturated heterocycles. The lowest BCUT2D eigenvalue weighted by molar-refractivity contribution is -0.151. The van der Waals surface area contributed by atoms with E-state index in [1.54, 1.807) is 0 Å². The second-order valence-corrected chi connectivity index (χ2v) is 16.5. The fraction of sp³-hybridized carbons (Fsp3) is 0.804. The van der Waals surface area contributed by atoms with Crippen LogP contribution in [0.15, 0.2) is 48.6 Å². The molecule has 57 heavy (non-hydrogen) atoms. The topological polar surface area (TPSA) is 95.9 Å². The third-order valence-corrected chi connectivity index (χ3v) is 10.9. The van der Waals surface area contributed by atoms with Gasteiger partial charge in [0.05, 0.1) is 25.2 Å². The monoisotopic (exact) mass is 800 g/mol. The minimum absolute atomic E-state index is 0.0595. The van der Waals surface area contributed by atoms with Gasteiger partial charge >= 0.3 is 5.97 Å². The van der Waals surface area contributed by atoms with Crippen molar-refractivity contribution >= 4 is 11.9 Å². The molecule has 0 aromatic rings. The highest BCUT2D eigenvalue weighted by molar-refractivity contribution is 5.77. The number of rotatable bonds is 43. The molecule has 6 nitrogen and oxygen atoms in total. The number of hydrogen-bond donors (Lipinski definition) is 3. The number of nitrogens with one attached hydrogen (secondary N) is 1. The summed E-state index contributed by atoms with van der Waals surface area (Å²) in [4.78, 5) is 26.0. The van der Waals surface area contributed by atoms with Crippen LogP contribution in [0.3, 0.4) is 0 Å². The van der Waals surface area contributed by atoms with Crippen LogP contribution >= 0.6 is 0 Å². The Morgan fingerprint density at radius 3 is 1.51 bits per heavy atom. The summed E-state index contributed by atoms with van der Waals surface area (Å²) in [6.07, 6.45) is 53.1. The number of ether oxygens (including phenoxy) is 1. The van der Waals surface area contributed by atoms with Crippen molar-refractivity contribution in [1.29, 1.82) is 0 Å². The van der Waals surface area contributed by atoms with Gasteiger partial charge in [0.2, 0.25) is 5.91 Å². The van der Waals surface area contributed by atoms with Gasteiger partial charge in [-0.25, -0.2) is 0 Å². The van der Waals surface area contributed by atoms with Crippen LogP contribution in [0, 0.1) is 0 Å². The van der Waals surface area contributed by atoms with Crippen molar-refractivity contribution in [3.8, 4) is 0 Å². The second-order valence-electron chi connectivity index (χ2n) is 16.5. The van der Waals surface area contributed by atoms with Gasteiger partial charge < -0.3 is 20.3 Å². The Morgan fingerprint density at radius 2 is 0.965 bits per heavy atom. The number of esters is 1. The van der Waals surface area contributed by atoms with Gasteiger partial charge in [0.25, 0.3) is 0 Å². The number of carbonyl (C=O) groups excluding carboxylic acids is 2. The third-order valence-electron chi connectivity index (χ3n) is 10.9. The van der Waals surface area contributed by atoms with E-state index in [1.807, 2.05) is 0 Å². The summed E-state index contributed by atoms with van der Waals surface area (Å²) in [5.74, 6) is -0.506. The van der Waals surface area contributed by atoms with E-state index in [2.05, 4.69) is 74.7 Å². The molecule has 0 aliphatic rings. The lowest BCUT2D eigenvalue weighted by atomic mass is 10.0. The Bertz CT molecular complexity index is 988. The van der Waals surface area contributed by atoms with Crippen LogP contribution in [0.1, 0.15) is 239 Å². The zero-order valence-electron chi connectivity index (χ0n) is 37.7. The van der Waals surface area contributed by atoms with Crippen molar-refractivity contribution in [2.75, 3.05) is 6.61 Å².